The summed E-state index contributed by atoms with van der Waals surface area (Å²) < 4.78 is 3.86. The van der Waals surface area contributed by atoms with E-state index in [4.69, 9.17) is 11.6 Å². The van der Waals surface area contributed by atoms with Crippen molar-refractivity contribution in [3.8, 4) is 0 Å². The summed E-state index contributed by atoms with van der Waals surface area (Å²) in [5.41, 5.74) is 1.06. The van der Waals surface area contributed by atoms with Crippen LogP contribution in [-0.2, 0) is 6.54 Å². The number of piperidine rings is 1. The van der Waals surface area contributed by atoms with E-state index in [1.54, 1.807) is 0 Å². The molecule has 0 N–H and O–H groups in total. The van der Waals surface area contributed by atoms with Gasteiger partial charge in [-0.2, -0.15) is 0 Å². The Kier molecular flexibility index (Phi) is 3.36. The molecule has 14 heavy (non-hydrogen) atoms. The molecule has 2 atom stereocenters. The van der Waals surface area contributed by atoms with Crippen LogP contribution in [0.25, 0.3) is 0 Å². The molecule has 2 rings (SSSR count). The maximum atomic E-state index is 6.17. The van der Waals surface area contributed by atoms with Gasteiger partial charge in [-0.3, -0.25) is 4.90 Å². The van der Waals surface area contributed by atoms with Crippen molar-refractivity contribution in [1.82, 2.24) is 14.5 Å². The minimum atomic E-state index is 0.297. The average Bonchev–Trinajstić information content (AvgIpc) is 2.54. The number of alkyl halides is 1. The van der Waals surface area contributed by atoms with Gasteiger partial charge in [-0.05, 0) is 23.9 Å². The number of rotatable bonds is 2. The Labute approximate surface area is 93.2 Å². The van der Waals surface area contributed by atoms with Crippen LogP contribution in [0.2, 0.25) is 0 Å². The zero-order valence-corrected chi connectivity index (χ0v) is 9.76. The fourth-order valence-electron chi connectivity index (χ4n) is 1.99. The lowest BCUT2D eigenvalue weighted by Crippen LogP contribution is -2.39. The first kappa shape index (κ1) is 10.3. The van der Waals surface area contributed by atoms with Crippen LogP contribution >= 0.6 is 23.1 Å². The molecule has 0 radical (unpaired) electrons. The molecule has 0 amide bonds. The van der Waals surface area contributed by atoms with Crippen LogP contribution < -0.4 is 0 Å². The standard InChI is InChI=1S/C9H14ClN3S/c1-7-2-8(10)4-13(3-7)5-9-6-14-12-11-9/h6-8H,2-5H2,1H3. The maximum Gasteiger partial charge on any atom is 0.0895 e. The molecule has 1 aromatic heterocycles. The van der Waals surface area contributed by atoms with E-state index in [1.807, 2.05) is 5.38 Å². The number of hydrogen-bond acceptors (Lipinski definition) is 4. The smallest absolute Gasteiger partial charge is 0.0895 e. The number of hydrogen-bond donors (Lipinski definition) is 0. The highest BCUT2D eigenvalue weighted by Crippen LogP contribution is 2.21. The zero-order valence-electron chi connectivity index (χ0n) is 8.19. The van der Waals surface area contributed by atoms with Crippen LogP contribution in [-0.4, -0.2) is 33.0 Å². The first-order chi connectivity index (χ1) is 6.74. The predicted molar refractivity (Wildman–Crippen MR) is 58.6 cm³/mol. The molecule has 1 aromatic rings. The van der Waals surface area contributed by atoms with E-state index in [1.165, 1.54) is 11.5 Å². The normalized spacial score (nSPS) is 29.3. The predicted octanol–water partition coefficient (Wildman–Crippen LogP) is 1.99. The second-order valence-corrected chi connectivity index (χ2v) is 5.26. The molecule has 2 heterocycles. The second-order valence-electron chi connectivity index (χ2n) is 4.03. The average molecular weight is 232 g/mol. The van der Waals surface area contributed by atoms with Gasteiger partial charge in [-0.1, -0.05) is 11.4 Å². The summed E-state index contributed by atoms with van der Waals surface area (Å²) in [6.45, 7) is 5.25. The van der Waals surface area contributed by atoms with E-state index in [-0.39, 0.29) is 0 Å². The van der Waals surface area contributed by atoms with Crippen LogP contribution in [0, 0.1) is 5.92 Å². The Balaban J connectivity index is 1.91. The summed E-state index contributed by atoms with van der Waals surface area (Å²) in [7, 11) is 0. The number of likely N-dealkylation sites (tertiary alicyclic amines) is 1. The largest absolute Gasteiger partial charge is 0.296 e. The van der Waals surface area contributed by atoms with Gasteiger partial charge in [0.1, 0.15) is 0 Å². The molecule has 2 unspecified atom stereocenters. The van der Waals surface area contributed by atoms with Crippen LogP contribution in [0.1, 0.15) is 19.0 Å². The molecule has 1 saturated heterocycles. The van der Waals surface area contributed by atoms with Crippen molar-refractivity contribution in [2.45, 2.75) is 25.3 Å². The number of nitrogens with zero attached hydrogens (tertiary/aromatic N) is 3. The van der Waals surface area contributed by atoms with Crippen molar-refractivity contribution in [1.29, 1.82) is 0 Å². The van der Waals surface area contributed by atoms with Crippen LogP contribution in [0.3, 0.4) is 0 Å². The Morgan fingerprint density at radius 2 is 2.50 bits per heavy atom. The minimum Gasteiger partial charge on any atom is -0.296 e. The number of halogens is 1. The van der Waals surface area contributed by atoms with Gasteiger partial charge in [0, 0.05) is 30.4 Å². The summed E-state index contributed by atoms with van der Waals surface area (Å²) in [5, 5.41) is 6.34. The van der Waals surface area contributed by atoms with E-state index < -0.39 is 0 Å². The molecule has 1 aliphatic heterocycles. The fourth-order valence-corrected chi connectivity index (χ4v) is 2.93. The molecule has 0 saturated carbocycles. The third-order valence-corrected chi connectivity index (χ3v) is 3.34. The highest BCUT2D eigenvalue weighted by molar-refractivity contribution is 7.03. The van der Waals surface area contributed by atoms with E-state index in [0.29, 0.717) is 11.3 Å². The Bertz CT molecular complexity index is 268. The topological polar surface area (TPSA) is 29.0 Å². The molecule has 1 fully saturated rings. The Morgan fingerprint density at radius 1 is 1.64 bits per heavy atom. The van der Waals surface area contributed by atoms with Crippen molar-refractivity contribution in [2.24, 2.45) is 5.92 Å². The van der Waals surface area contributed by atoms with Gasteiger partial charge in [0.2, 0.25) is 0 Å². The SMILES string of the molecule is CC1CC(Cl)CN(Cc2csnn2)C1. The molecule has 78 valence electrons. The van der Waals surface area contributed by atoms with Crippen molar-refractivity contribution >= 4 is 23.1 Å². The quantitative estimate of drug-likeness (QED) is 0.729. The third kappa shape index (κ3) is 2.65. The third-order valence-electron chi connectivity index (χ3n) is 2.48. The highest BCUT2D eigenvalue weighted by atomic mass is 35.5. The van der Waals surface area contributed by atoms with Crippen molar-refractivity contribution in [2.75, 3.05) is 13.1 Å². The fraction of sp³-hybridized carbons (Fsp3) is 0.778. The molecule has 3 nitrogen and oxygen atoms in total. The van der Waals surface area contributed by atoms with Gasteiger partial charge in [0.05, 0.1) is 5.69 Å². The van der Waals surface area contributed by atoms with E-state index in [9.17, 15) is 0 Å². The lowest BCUT2D eigenvalue weighted by Gasteiger charge is -2.33. The van der Waals surface area contributed by atoms with Gasteiger partial charge in [-0.25, -0.2) is 0 Å². The van der Waals surface area contributed by atoms with Crippen molar-refractivity contribution in [3.05, 3.63) is 11.1 Å². The van der Waals surface area contributed by atoms with Crippen molar-refractivity contribution < 1.29 is 0 Å². The first-order valence-electron chi connectivity index (χ1n) is 4.86. The lowest BCUT2D eigenvalue weighted by atomic mass is 10.00. The number of aromatic nitrogens is 2. The van der Waals surface area contributed by atoms with Crippen LogP contribution in [0.4, 0.5) is 0 Å². The Morgan fingerprint density at radius 3 is 3.14 bits per heavy atom. The molecule has 0 bridgehead atoms. The maximum absolute atomic E-state index is 6.17. The molecular formula is C9H14ClN3S. The van der Waals surface area contributed by atoms with Gasteiger partial charge in [-0.15, -0.1) is 16.7 Å². The summed E-state index contributed by atoms with van der Waals surface area (Å²) >= 11 is 7.58. The zero-order chi connectivity index (χ0) is 9.97. The van der Waals surface area contributed by atoms with E-state index in [0.717, 1.165) is 31.7 Å². The summed E-state index contributed by atoms with van der Waals surface area (Å²) in [4.78, 5) is 2.36. The van der Waals surface area contributed by atoms with E-state index in [2.05, 4.69) is 21.4 Å². The van der Waals surface area contributed by atoms with Crippen LogP contribution in [0.15, 0.2) is 5.38 Å². The minimum absolute atomic E-state index is 0.297. The van der Waals surface area contributed by atoms with Gasteiger partial charge >= 0.3 is 0 Å². The van der Waals surface area contributed by atoms with Gasteiger partial charge < -0.3 is 0 Å². The highest BCUT2D eigenvalue weighted by Gasteiger charge is 2.23. The molecule has 5 heteroatoms. The van der Waals surface area contributed by atoms with Crippen LogP contribution in [0.5, 0.6) is 0 Å². The van der Waals surface area contributed by atoms with Gasteiger partial charge in [0.15, 0.2) is 0 Å². The molecule has 0 aliphatic carbocycles. The molecular weight excluding hydrogens is 218 g/mol. The monoisotopic (exact) mass is 231 g/mol. The summed E-state index contributed by atoms with van der Waals surface area (Å²) in [6.07, 6.45) is 1.13. The molecule has 0 aromatic carbocycles. The molecule has 0 spiro atoms. The van der Waals surface area contributed by atoms with Crippen molar-refractivity contribution in [3.63, 3.8) is 0 Å². The first-order valence-corrected chi connectivity index (χ1v) is 6.13. The summed E-state index contributed by atoms with van der Waals surface area (Å²) in [6, 6.07) is 0. The van der Waals surface area contributed by atoms with Gasteiger partial charge in [0.25, 0.3) is 0 Å². The Hall–Kier alpha value is -0.190. The lowest BCUT2D eigenvalue weighted by molar-refractivity contribution is 0.178. The second kappa shape index (κ2) is 4.55. The molecule has 1 aliphatic rings. The summed E-state index contributed by atoms with van der Waals surface area (Å²) in [5.74, 6) is 0.692. The van der Waals surface area contributed by atoms with E-state index >= 15 is 0 Å².